The lowest BCUT2D eigenvalue weighted by Crippen LogP contribution is -2.37. The molecule has 3 rings (SSSR count). The van der Waals surface area contributed by atoms with E-state index in [4.69, 9.17) is 10.5 Å². The Morgan fingerprint density at radius 2 is 2.03 bits per heavy atom. The van der Waals surface area contributed by atoms with Crippen molar-refractivity contribution in [1.29, 1.82) is 5.26 Å². The van der Waals surface area contributed by atoms with E-state index in [0.29, 0.717) is 24.9 Å². The van der Waals surface area contributed by atoms with Crippen molar-refractivity contribution < 1.29 is 18.7 Å². The van der Waals surface area contributed by atoms with Gasteiger partial charge in [0.2, 0.25) is 0 Å². The van der Waals surface area contributed by atoms with Crippen LogP contribution in [0.2, 0.25) is 0 Å². The number of carbonyl (C=O) groups excluding carboxylic acids is 2. The maximum Gasteiger partial charge on any atom is 0.407 e. The number of hydrogen-bond donors (Lipinski definition) is 3. The summed E-state index contributed by atoms with van der Waals surface area (Å²) in [5.74, 6) is -1.30. The molecule has 2 amide bonds. The molecule has 164 valence electrons. The predicted molar refractivity (Wildman–Crippen MR) is 111 cm³/mol. The lowest BCUT2D eigenvalue weighted by Gasteiger charge is -2.32. The molecule has 2 aromatic rings. The summed E-state index contributed by atoms with van der Waals surface area (Å²) in [6, 6.07) is 7.51. The zero-order chi connectivity index (χ0) is 22.5. The minimum atomic E-state index is -0.674. The Kier molecular flexibility index (Phi) is 6.74. The van der Waals surface area contributed by atoms with Crippen LogP contribution in [0.25, 0.3) is 0 Å². The minimum Gasteiger partial charge on any atom is -0.446 e. The van der Waals surface area contributed by atoms with E-state index in [2.05, 4.69) is 21.8 Å². The monoisotopic (exact) mass is 428 g/mol. The topological polar surface area (TPSA) is 135 Å². The summed E-state index contributed by atoms with van der Waals surface area (Å²) < 4.78 is 20.1. The number of benzene rings is 1. The molecule has 0 bridgehead atoms. The molecule has 10 heteroatoms. The molecule has 0 spiro atoms. The molecule has 0 aliphatic heterocycles. The van der Waals surface area contributed by atoms with Crippen LogP contribution < -0.4 is 16.4 Å². The van der Waals surface area contributed by atoms with Gasteiger partial charge in [-0.25, -0.2) is 9.18 Å². The maximum absolute atomic E-state index is 13.1. The smallest absolute Gasteiger partial charge is 0.407 e. The van der Waals surface area contributed by atoms with Crippen LogP contribution in [0.4, 0.5) is 20.7 Å². The van der Waals surface area contributed by atoms with Crippen LogP contribution in [0.15, 0.2) is 30.5 Å². The summed E-state index contributed by atoms with van der Waals surface area (Å²) in [5, 5.41) is 19.8. The lowest BCUT2D eigenvalue weighted by atomic mass is 9.83. The third kappa shape index (κ3) is 5.51. The van der Waals surface area contributed by atoms with E-state index in [-0.39, 0.29) is 35.4 Å². The molecule has 1 aliphatic rings. The average Bonchev–Trinajstić information content (AvgIpc) is 3.12. The molecular formula is C21H25FN6O3. The standard InChI is InChI=1S/C21H25FN6O3/c1-12(2)25-21(30)31-16-7-8-18(13(9-16)10-23)28-11-17(19(24)29)20(27-28)26-15-5-3-14(22)4-6-15/h3-6,11-13,16,18H,7-9H2,1-2H3,(H2,24,29)(H,25,30)(H,26,27)/t13-,16-,18?/m1/s1. The van der Waals surface area contributed by atoms with Crippen molar-refractivity contribution in [2.75, 3.05) is 5.32 Å². The summed E-state index contributed by atoms with van der Waals surface area (Å²) in [6.45, 7) is 3.67. The molecule has 1 fully saturated rings. The Bertz CT molecular complexity index is 982. The Labute approximate surface area is 179 Å². The maximum atomic E-state index is 13.1. The Morgan fingerprint density at radius 1 is 1.32 bits per heavy atom. The third-order valence-corrected chi connectivity index (χ3v) is 5.06. The molecule has 1 aromatic carbocycles. The number of anilines is 2. The van der Waals surface area contributed by atoms with Crippen LogP contribution in [0.3, 0.4) is 0 Å². The largest absolute Gasteiger partial charge is 0.446 e. The van der Waals surface area contributed by atoms with Gasteiger partial charge in [0.25, 0.3) is 5.91 Å². The molecule has 3 atom stereocenters. The second-order valence-corrected chi connectivity index (χ2v) is 7.81. The van der Waals surface area contributed by atoms with E-state index < -0.39 is 17.9 Å². The van der Waals surface area contributed by atoms with Gasteiger partial charge in [0.1, 0.15) is 17.5 Å². The number of ether oxygens (including phenoxy) is 1. The van der Waals surface area contributed by atoms with Crippen molar-refractivity contribution in [1.82, 2.24) is 15.1 Å². The molecule has 1 aliphatic carbocycles. The molecule has 4 N–H and O–H groups in total. The van der Waals surface area contributed by atoms with Crippen molar-refractivity contribution in [2.24, 2.45) is 11.7 Å². The summed E-state index contributed by atoms with van der Waals surface area (Å²) in [7, 11) is 0. The number of nitriles is 1. The predicted octanol–water partition coefficient (Wildman–Crippen LogP) is 3.23. The molecule has 9 nitrogen and oxygen atoms in total. The number of halogens is 1. The van der Waals surface area contributed by atoms with Gasteiger partial charge < -0.3 is 21.1 Å². The highest BCUT2D eigenvalue weighted by atomic mass is 19.1. The Morgan fingerprint density at radius 3 is 2.65 bits per heavy atom. The number of aromatic nitrogens is 2. The number of rotatable bonds is 6. The summed E-state index contributed by atoms with van der Waals surface area (Å²) in [4.78, 5) is 23.8. The number of nitrogens with one attached hydrogen (secondary N) is 2. The highest BCUT2D eigenvalue weighted by molar-refractivity contribution is 5.98. The summed E-state index contributed by atoms with van der Waals surface area (Å²) >= 11 is 0. The SMILES string of the molecule is CC(C)NC(=O)O[C@@H]1CCC(n2cc(C(N)=O)c(Nc3ccc(F)cc3)n2)[C@@H](C#N)C1. The van der Waals surface area contributed by atoms with Crippen molar-refractivity contribution in [3.63, 3.8) is 0 Å². The van der Waals surface area contributed by atoms with Gasteiger partial charge in [-0.15, -0.1) is 0 Å². The van der Waals surface area contributed by atoms with Gasteiger partial charge in [0.05, 0.1) is 18.0 Å². The first-order valence-corrected chi connectivity index (χ1v) is 10.0. The van der Waals surface area contributed by atoms with E-state index >= 15 is 0 Å². The molecule has 1 heterocycles. The highest BCUT2D eigenvalue weighted by Crippen LogP contribution is 2.36. The van der Waals surface area contributed by atoms with Crippen LogP contribution in [-0.4, -0.2) is 33.9 Å². The normalized spacial score (nSPS) is 20.7. The molecule has 1 saturated carbocycles. The number of amides is 2. The fourth-order valence-electron chi connectivity index (χ4n) is 3.60. The van der Waals surface area contributed by atoms with Crippen molar-refractivity contribution in [3.05, 3.63) is 41.8 Å². The lowest BCUT2D eigenvalue weighted by molar-refractivity contribution is 0.0504. The summed E-state index contributed by atoms with van der Waals surface area (Å²) in [5.41, 5.74) is 6.20. The quantitative estimate of drug-likeness (QED) is 0.646. The van der Waals surface area contributed by atoms with Crippen molar-refractivity contribution >= 4 is 23.5 Å². The second-order valence-electron chi connectivity index (χ2n) is 7.81. The molecular weight excluding hydrogens is 403 g/mol. The van der Waals surface area contributed by atoms with Crippen LogP contribution in [0, 0.1) is 23.1 Å². The number of nitrogens with two attached hydrogens (primary N) is 1. The van der Waals surface area contributed by atoms with E-state index in [1.54, 1.807) is 4.68 Å². The first kappa shape index (κ1) is 22.1. The van der Waals surface area contributed by atoms with Gasteiger partial charge in [-0.1, -0.05) is 0 Å². The third-order valence-electron chi connectivity index (χ3n) is 5.06. The zero-order valence-electron chi connectivity index (χ0n) is 17.3. The van der Waals surface area contributed by atoms with Crippen LogP contribution in [-0.2, 0) is 4.74 Å². The first-order chi connectivity index (χ1) is 14.8. The van der Waals surface area contributed by atoms with Gasteiger partial charge >= 0.3 is 6.09 Å². The van der Waals surface area contributed by atoms with Gasteiger partial charge in [-0.3, -0.25) is 9.48 Å². The van der Waals surface area contributed by atoms with Crippen molar-refractivity contribution in [3.8, 4) is 6.07 Å². The van der Waals surface area contributed by atoms with Gasteiger partial charge in [-0.05, 0) is 51.0 Å². The van der Waals surface area contributed by atoms with Crippen LogP contribution in [0.5, 0.6) is 0 Å². The summed E-state index contributed by atoms with van der Waals surface area (Å²) in [6.07, 6.45) is 2.09. The Balaban J connectivity index is 1.76. The van der Waals surface area contributed by atoms with Gasteiger partial charge in [0.15, 0.2) is 5.82 Å². The van der Waals surface area contributed by atoms with E-state index in [1.807, 2.05) is 13.8 Å². The van der Waals surface area contributed by atoms with Gasteiger partial charge in [-0.2, -0.15) is 10.4 Å². The number of carbonyl (C=O) groups is 2. The number of primary amides is 1. The second kappa shape index (κ2) is 9.47. The fourth-order valence-corrected chi connectivity index (χ4v) is 3.60. The van der Waals surface area contributed by atoms with Crippen LogP contribution in [0.1, 0.15) is 49.5 Å². The average molecular weight is 428 g/mol. The Hall–Kier alpha value is -3.61. The zero-order valence-corrected chi connectivity index (χ0v) is 17.3. The molecule has 0 saturated heterocycles. The first-order valence-electron chi connectivity index (χ1n) is 10.0. The van der Waals surface area contributed by atoms with Gasteiger partial charge in [0, 0.05) is 24.3 Å². The van der Waals surface area contributed by atoms with E-state index in [9.17, 15) is 19.2 Å². The van der Waals surface area contributed by atoms with Crippen molar-refractivity contribution in [2.45, 2.75) is 51.3 Å². The molecule has 0 radical (unpaired) electrons. The highest BCUT2D eigenvalue weighted by Gasteiger charge is 2.35. The molecule has 1 aromatic heterocycles. The molecule has 31 heavy (non-hydrogen) atoms. The number of hydrogen-bond acceptors (Lipinski definition) is 6. The van der Waals surface area contributed by atoms with Crippen LogP contribution >= 0.6 is 0 Å². The minimum absolute atomic E-state index is 0.0427. The fraction of sp³-hybridized carbons (Fsp3) is 0.429. The van der Waals surface area contributed by atoms with E-state index in [1.165, 1.54) is 30.5 Å². The number of nitrogens with zero attached hydrogens (tertiary/aromatic N) is 3. The van der Waals surface area contributed by atoms with E-state index in [0.717, 1.165) is 0 Å². The number of alkyl carbamates (subject to hydrolysis) is 1. The molecule has 1 unspecified atom stereocenters.